The Labute approximate surface area is 203 Å². The quantitative estimate of drug-likeness (QED) is 0.447. The molecule has 0 bridgehead atoms. The molecule has 0 radical (unpaired) electrons. The monoisotopic (exact) mass is 472 g/mol. The van der Waals surface area contributed by atoms with Gasteiger partial charge in [-0.05, 0) is 38.1 Å². The lowest BCUT2D eigenvalue weighted by molar-refractivity contribution is -0.131. The van der Waals surface area contributed by atoms with Crippen LogP contribution in [0, 0.1) is 13.8 Å². The lowest BCUT2D eigenvalue weighted by Crippen LogP contribution is -2.49. The van der Waals surface area contributed by atoms with E-state index in [1.165, 1.54) is 0 Å². The van der Waals surface area contributed by atoms with E-state index in [9.17, 15) is 4.79 Å². The number of pyridine rings is 1. The first-order valence-corrected chi connectivity index (χ1v) is 12.1. The van der Waals surface area contributed by atoms with Gasteiger partial charge in [0, 0.05) is 44.4 Å². The maximum Gasteiger partial charge on any atom is 0.222 e. The van der Waals surface area contributed by atoms with Crippen molar-refractivity contribution in [3.05, 3.63) is 53.7 Å². The lowest BCUT2D eigenvalue weighted by Gasteiger charge is -2.37. The van der Waals surface area contributed by atoms with E-state index in [2.05, 4.69) is 19.6 Å². The van der Waals surface area contributed by atoms with Crippen LogP contribution < -0.4 is 9.64 Å². The van der Waals surface area contributed by atoms with Crippen molar-refractivity contribution in [2.75, 3.05) is 37.7 Å². The van der Waals surface area contributed by atoms with Crippen LogP contribution >= 0.6 is 0 Å². The second kappa shape index (κ2) is 8.41. The number of hydrogen-bond donors (Lipinski definition) is 0. The zero-order valence-electron chi connectivity index (χ0n) is 20.2. The molecule has 1 saturated heterocycles. The Hall–Kier alpha value is -3.88. The first-order chi connectivity index (χ1) is 17.1. The molecule has 0 unspecified atom stereocenters. The van der Waals surface area contributed by atoms with E-state index in [4.69, 9.17) is 14.2 Å². The molecule has 35 heavy (non-hydrogen) atoms. The van der Waals surface area contributed by atoms with Crippen molar-refractivity contribution in [3.63, 3.8) is 0 Å². The molecule has 2 aliphatic heterocycles. The van der Waals surface area contributed by atoms with E-state index in [0.29, 0.717) is 26.1 Å². The largest absolute Gasteiger partial charge is 0.488 e. The first kappa shape index (κ1) is 21.6. The summed E-state index contributed by atoms with van der Waals surface area (Å²) >= 11 is 0. The third kappa shape index (κ3) is 3.45. The van der Waals surface area contributed by atoms with Crippen molar-refractivity contribution in [2.45, 2.75) is 33.2 Å². The van der Waals surface area contributed by atoms with E-state index < -0.39 is 0 Å². The molecule has 9 nitrogen and oxygen atoms in total. The van der Waals surface area contributed by atoms with Gasteiger partial charge in [-0.1, -0.05) is 18.1 Å². The molecular formula is C26H28N6O3. The maximum atomic E-state index is 12.2. The second-order valence-corrected chi connectivity index (χ2v) is 9.09. The molecule has 2 aliphatic rings. The number of carbonyl (C=O) groups is 1. The van der Waals surface area contributed by atoms with Gasteiger partial charge in [0.05, 0.1) is 22.5 Å². The average Bonchev–Trinajstić information content (AvgIpc) is 3.45. The molecule has 5 heterocycles. The average molecular weight is 473 g/mol. The molecule has 9 heteroatoms. The molecule has 1 aromatic carbocycles. The number of benzene rings is 1. The molecule has 0 aliphatic carbocycles. The van der Waals surface area contributed by atoms with E-state index in [0.717, 1.165) is 64.1 Å². The highest BCUT2D eigenvalue weighted by Crippen LogP contribution is 2.45. The molecule has 1 fully saturated rings. The Kier molecular flexibility index (Phi) is 5.20. The standard InChI is InChI=1S/C26H28N6O3/c1-4-22(33)30-11-13-31(14-12-30)26-28-20-9-8-18(23-16(2)29-35-17(23)3)25-24(20)32(26)21(15-34-25)19-7-5-6-10-27-19/h5-10,21H,4,11-15H2,1-3H3/t21-/m1/s1. The fraction of sp³-hybridized carbons (Fsp3) is 0.385. The summed E-state index contributed by atoms with van der Waals surface area (Å²) < 4.78 is 14.2. The van der Waals surface area contributed by atoms with E-state index in [1.807, 2.05) is 62.2 Å². The summed E-state index contributed by atoms with van der Waals surface area (Å²) in [5.41, 5.74) is 5.50. The van der Waals surface area contributed by atoms with Gasteiger partial charge < -0.3 is 19.1 Å². The molecule has 6 rings (SSSR count). The molecule has 4 aromatic rings. The van der Waals surface area contributed by atoms with Gasteiger partial charge in [0.1, 0.15) is 23.9 Å². The van der Waals surface area contributed by atoms with Crippen molar-refractivity contribution in [1.82, 2.24) is 24.6 Å². The van der Waals surface area contributed by atoms with Gasteiger partial charge >= 0.3 is 0 Å². The lowest BCUT2D eigenvalue weighted by atomic mass is 10.0. The third-order valence-electron chi connectivity index (χ3n) is 7.03. The zero-order valence-corrected chi connectivity index (χ0v) is 20.2. The van der Waals surface area contributed by atoms with Crippen LogP contribution in [0.4, 0.5) is 5.95 Å². The summed E-state index contributed by atoms with van der Waals surface area (Å²) in [6, 6.07) is 9.93. The Morgan fingerprint density at radius 3 is 2.63 bits per heavy atom. The summed E-state index contributed by atoms with van der Waals surface area (Å²) in [6.07, 6.45) is 2.35. The molecule has 1 atom stereocenters. The Bertz CT molecular complexity index is 1380. The van der Waals surface area contributed by atoms with E-state index in [1.54, 1.807) is 0 Å². The minimum absolute atomic E-state index is 0.112. The Balaban J connectivity index is 1.51. The number of imidazole rings is 1. The summed E-state index contributed by atoms with van der Waals surface area (Å²) in [5, 5.41) is 4.15. The van der Waals surface area contributed by atoms with E-state index in [-0.39, 0.29) is 11.9 Å². The molecule has 0 N–H and O–H groups in total. The second-order valence-electron chi connectivity index (χ2n) is 9.09. The molecule has 1 amide bonds. The number of nitrogens with zero attached hydrogens (tertiary/aromatic N) is 6. The van der Waals surface area contributed by atoms with Crippen molar-refractivity contribution < 1.29 is 14.1 Å². The molecule has 3 aromatic heterocycles. The number of rotatable bonds is 4. The zero-order chi connectivity index (χ0) is 24.1. The summed E-state index contributed by atoms with van der Waals surface area (Å²) in [7, 11) is 0. The normalized spacial score (nSPS) is 17.6. The van der Waals surface area contributed by atoms with Crippen LogP contribution in [0.3, 0.4) is 0 Å². The topological polar surface area (TPSA) is 89.5 Å². The van der Waals surface area contributed by atoms with Crippen LogP contribution in [-0.2, 0) is 4.79 Å². The fourth-order valence-corrected chi connectivity index (χ4v) is 5.28. The Morgan fingerprint density at radius 2 is 1.94 bits per heavy atom. The predicted octanol–water partition coefficient (Wildman–Crippen LogP) is 3.74. The minimum Gasteiger partial charge on any atom is -0.488 e. The number of hydrogen-bond acceptors (Lipinski definition) is 7. The van der Waals surface area contributed by atoms with Gasteiger partial charge in [0.15, 0.2) is 5.75 Å². The van der Waals surface area contributed by atoms with Gasteiger partial charge in [-0.25, -0.2) is 4.98 Å². The number of amides is 1. The van der Waals surface area contributed by atoms with Crippen LogP contribution in [0.1, 0.15) is 36.5 Å². The molecular weight excluding hydrogens is 444 g/mol. The number of piperazine rings is 1. The number of carbonyl (C=O) groups excluding carboxylic acids is 1. The third-order valence-corrected chi connectivity index (χ3v) is 7.03. The minimum atomic E-state index is -0.112. The van der Waals surface area contributed by atoms with Crippen LogP contribution in [0.5, 0.6) is 5.75 Å². The van der Waals surface area contributed by atoms with Crippen LogP contribution in [0.25, 0.3) is 22.2 Å². The van der Waals surface area contributed by atoms with Crippen molar-refractivity contribution >= 4 is 22.9 Å². The van der Waals surface area contributed by atoms with E-state index >= 15 is 0 Å². The van der Waals surface area contributed by atoms with Gasteiger partial charge in [-0.2, -0.15) is 0 Å². The number of anilines is 1. The van der Waals surface area contributed by atoms with Gasteiger partial charge in [0.25, 0.3) is 0 Å². The van der Waals surface area contributed by atoms with Crippen molar-refractivity contribution in [3.8, 4) is 16.9 Å². The number of ether oxygens (including phenoxy) is 1. The highest BCUT2D eigenvalue weighted by Gasteiger charge is 2.34. The highest BCUT2D eigenvalue weighted by atomic mass is 16.5. The molecule has 180 valence electrons. The van der Waals surface area contributed by atoms with Gasteiger partial charge in [-0.3, -0.25) is 14.3 Å². The van der Waals surface area contributed by atoms with Crippen molar-refractivity contribution in [2.24, 2.45) is 0 Å². The van der Waals surface area contributed by atoms with Crippen molar-refractivity contribution in [1.29, 1.82) is 0 Å². The van der Waals surface area contributed by atoms with Crippen LogP contribution in [-0.4, -0.2) is 63.3 Å². The maximum absolute atomic E-state index is 12.2. The number of aromatic nitrogens is 4. The van der Waals surface area contributed by atoms with Gasteiger partial charge in [0.2, 0.25) is 11.9 Å². The summed E-state index contributed by atoms with van der Waals surface area (Å²) in [4.78, 5) is 26.2. The summed E-state index contributed by atoms with van der Waals surface area (Å²) in [6.45, 7) is 9.07. The Morgan fingerprint density at radius 1 is 1.11 bits per heavy atom. The number of aryl methyl sites for hydroxylation is 2. The summed E-state index contributed by atoms with van der Waals surface area (Å²) in [5.74, 6) is 2.64. The molecule has 0 saturated carbocycles. The fourth-order valence-electron chi connectivity index (χ4n) is 5.28. The van der Waals surface area contributed by atoms with Crippen LogP contribution in [0.15, 0.2) is 41.1 Å². The SMILES string of the molecule is CCC(=O)N1CCN(c2nc3ccc(-c4c(C)noc4C)c4c3n2[C@@H](c2ccccn2)CO4)CC1. The van der Waals surface area contributed by atoms with Crippen LogP contribution in [0.2, 0.25) is 0 Å². The molecule has 0 spiro atoms. The predicted molar refractivity (Wildman–Crippen MR) is 132 cm³/mol. The first-order valence-electron chi connectivity index (χ1n) is 12.1. The smallest absolute Gasteiger partial charge is 0.222 e. The van der Waals surface area contributed by atoms with Gasteiger partial charge in [-0.15, -0.1) is 0 Å². The highest BCUT2D eigenvalue weighted by molar-refractivity contribution is 5.94.